The number of urea groups is 1. The molecule has 0 heterocycles. The molecular formula is C23H32N3O3+. The molecule has 1 saturated carbocycles. The molecule has 1 aliphatic carbocycles. The van der Waals surface area contributed by atoms with Crippen LogP contribution >= 0.6 is 0 Å². The van der Waals surface area contributed by atoms with Gasteiger partial charge in [0.05, 0.1) is 14.2 Å². The Morgan fingerprint density at radius 3 is 2.52 bits per heavy atom. The molecule has 6 heteroatoms. The third kappa shape index (κ3) is 5.70. The van der Waals surface area contributed by atoms with Crippen molar-refractivity contribution in [1.82, 2.24) is 10.6 Å². The van der Waals surface area contributed by atoms with Crippen LogP contribution in [0.25, 0.3) is 10.8 Å². The molecule has 29 heavy (non-hydrogen) atoms. The highest BCUT2D eigenvalue weighted by Gasteiger charge is 2.25. The van der Waals surface area contributed by atoms with Gasteiger partial charge in [-0.1, -0.05) is 37.5 Å². The molecule has 3 N–H and O–H groups in total. The van der Waals surface area contributed by atoms with E-state index in [9.17, 15) is 9.59 Å². The van der Waals surface area contributed by atoms with Gasteiger partial charge in [0.25, 0.3) is 5.91 Å². The molecule has 1 unspecified atom stereocenters. The maximum absolute atomic E-state index is 12.5. The van der Waals surface area contributed by atoms with Crippen LogP contribution in [0, 0.1) is 0 Å². The Morgan fingerprint density at radius 1 is 1.10 bits per heavy atom. The molecule has 2 aromatic carbocycles. The first-order chi connectivity index (χ1) is 14.0. The van der Waals surface area contributed by atoms with E-state index < -0.39 is 0 Å². The number of rotatable bonds is 6. The molecule has 0 spiro atoms. The largest absolute Gasteiger partial charge is 0.497 e. The maximum Gasteiger partial charge on any atom is 0.321 e. The molecule has 2 atom stereocenters. The molecule has 0 radical (unpaired) electrons. The van der Waals surface area contributed by atoms with E-state index in [0.29, 0.717) is 6.54 Å². The fourth-order valence-electron chi connectivity index (χ4n) is 3.90. The molecule has 6 nitrogen and oxygen atoms in total. The number of likely N-dealkylation sites (N-methyl/N-ethyl adjacent to an activating group) is 1. The summed E-state index contributed by atoms with van der Waals surface area (Å²) in [6, 6.07) is 11.8. The molecule has 1 aliphatic rings. The predicted octanol–water partition coefficient (Wildman–Crippen LogP) is 2.41. The summed E-state index contributed by atoms with van der Waals surface area (Å²) in [5, 5.41) is 7.70. The zero-order valence-electron chi connectivity index (χ0n) is 17.6. The van der Waals surface area contributed by atoms with E-state index in [-0.39, 0.29) is 24.0 Å². The Labute approximate surface area is 172 Å². The maximum atomic E-state index is 12.5. The van der Waals surface area contributed by atoms with Crippen molar-refractivity contribution in [2.75, 3.05) is 14.2 Å². The first kappa shape index (κ1) is 21.1. The van der Waals surface area contributed by atoms with E-state index in [0.717, 1.165) is 52.7 Å². The molecule has 156 valence electrons. The molecule has 2 aromatic rings. The van der Waals surface area contributed by atoms with Gasteiger partial charge in [-0.2, -0.15) is 0 Å². The Bertz CT molecular complexity index is 862. The zero-order valence-corrected chi connectivity index (χ0v) is 17.6. The summed E-state index contributed by atoms with van der Waals surface area (Å²) < 4.78 is 5.27. The number of carbonyl (C=O) groups excluding carboxylic acids is 2. The summed E-state index contributed by atoms with van der Waals surface area (Å²) in [4.78, 5) is 25.7. The third-order valence-corrected chi connectivity index (χ3v) is 5.90. The fourth-order valence-corrected chi connectivity index (χ4v) is 3.90. The summed E-state index contributed by atoms with van der Waals surface area (Å²) in [7, 11) is 3.64. The third-order valence-electron chi connectivity index (χ3n) is 5.90. The zero-order chi connectivity index (χ0) is 20.8. The number of amides is 3. The van der Waals surface area contributed by atoms with Crippen molar-refractivity contribution in [3.05, 3.63) is 42.0 Å². The molecular weight excluding hydrogens is 366 g/mol. The van der Waals surface area contributed by atoms with Crippen LogP contribution in [0.4, 0.5) is 4.79 Å². The Morgan fingerprint density at radius 2 is 1.79 bits per heavy atom. The second kappa shape index (κ2) is 9.74. The number of quaternary nitrogens is 1. The first-order valence-electron chi connectivity index (χ1n) is 10.5. The number of hydrogen-bond donors (Lipinski definition) is 3. The SMILES string of the molecule is COc1ccc2cc(C[NH+](C)[C@H](C)C(=O)NC(=O)NC3CCCCC3)ccc2c1. The van der Waals surface area contributed by atoms with Gasteiger partial charge >= 0.3 is 6.03 Å². The van der Waals surface area contributed by atoms with E-state index >= 15 is 0 Å². The van der Waals surface area contributed by atoms with Gasteiger partial charge in [-0.15, -0.1) is 0 Å². The van der Waals surface area contributed by atoms with Crippen LogP contribution in [-0.4, -0.2) is 38.2 Å². The highest BCUT2D eigenvalue weighted by Crippen LogP contribution is 2.21. The van der Waals surface area contributed by atoms with Crippen LogP contribution in [0.3, 0.4) is 0 Å². The van der Waals surface area contributed by atoms with Crippen LogP contribution in [-0.2, 0) is 11.3 Å². The van der Waals surface area contributed by atoms with Crippen LogP contribution in [0.15, 0.2) is 36.4 Å². The van der Waals surface area contributed by atoms with Crippen molar-refractivity contribution in [1.29, 1.82) is 0 Å². The van der Waals surface area contributed by atoms with Crippen LogP contribution in [0.2, 0.25) is 0 Å². The van der Waals surface area contributed by atoms with Gasteiger partial charge in [0.15, 0.2) is 6.04 Å². The smallest absolute Gasteiger partial charge is 0.321 e. The van der Waals surface area contributed by atoms with Crippen molar-refractivity contribution in [2.24, 2.45) is 0 Å². The Kier molecular flexibility index (Phi) is 7.09. The van der Waals surface area contributed by atoms with Crippen LogP contribution in [0.5, 0.6) is 5.75 Å². The average Bonchev–Trinajstić information content (AvgIpc) is 2.73. The van der Waals surface area contributed by atoms with Gasteiger partial charge in [0, 0.05) is 11.6 Å². The van der Waals surface area contributed by atoms with E-state index in [4.69, 9.17) is 4.74 Å². The summed E-state index contributed by atoms with van der Waals surface area (Å²) in [6.45, 7) is 2.55. The summed E-state index contributed by atoms with van der Waals surface area (Å²) in [6.07, 6.45) is 5.50. The molecule has 3 rings (SSSR count). The monoisotopic (exact) mass is 398 g/mol. The standard InChI is InChI=1S/C23H31N3O3/c1-16(22(27)25-23(28)24-20-7-5-4-6-8-20)26(2)15-17-9-10-19-14-21(29-3)12-11-18(19)13-17/h9-14,16,20H,4-8,15H2,1-3H3,(H2,24,25,27,28)/p+1/t16-/m1/s1. The van der Waals surface area contributed by atoms with Crippen molar-refractivity contribution in [3.8, 4) is 5.75 Å². The Hall–Kier alpha value is -2.60. The molecule has 0 aliphatic heterocycles. The quantitative estimate of drug-likeness (QED) is 0.700. The number of benzene rings is 2. The van der Waals surface area contributed by atoms with Crippen molar-refractivity contribution in [2.45, 2.75) is 57.7 Å². The summed E-state index contributed by atoms with van der Waals surface area (Å²) in [5.74, 6) is 0.589. The van der Waals surface area contributed by atoms with Crippen molar-refractivity contribution in [3.63, 3.8) is 0 Å². The van der Waals surface area contributed by atoms with Gasteiger partial charge in [0.1, 0.15) is 12.3 Å². The number of methoxy groups -OCH3 is 1. The van der Waals surface area contributed by atoms with Gasteiger partial charge < -0.3 is 15.0 Å². The minimum atomic E-state index is -0.374. The fraction of sp³-hybridized carbons (Fsp3) is 0.478. The van der Waals surface area contributed by atoms with Crippen LogP contribution in [0.1, 0.15) is 44.6 Å². The number of ether oxygens (including phenoxy) is 1. The molecule has 3 amide bonds. The van der Waals surface area contributed by atoms with Gasteiger partial charge in [-0.3, -0.25) is 10.1 Å². The molecule has 0 bridgehead atoms. The lowest BCUT2D eigenvalue weighted by atomic mass is 9.96. The Balaban J connectivity index is 1.54. The second-order valence-electron chi connectivity index (χ2n) is 8.09. The summed E-state index contributed by atoms with van der Waals surface area (Å²) >= 11 is 0. The van der Waals surface area contributed by atoms with Crippen molar-refractivity contribution >= 4 is 22.7 Å². The second-order valence-corrected chi connectivity index (χ2v) is 8.09. The highest BCUT2D eigenvalue weighted by atomic mass is 16.5. The normalized spacial score (nSPS) is 16.8. The van der Waals surface area contributed by atoms with Crippen LogP contribution < -0.4 is 20.3 Å². The minimum Gasteiger partial charge on any atom is -0.497 e. The van der Waals surface area contributed by atoms with Gasteiger partial charge in [-0.25, -0.2) is 4.79 Å². The van der Waals surface area contributed by atoms with Crippen molar-refractivity contribution < 1.29 is 19.2 Å². The number of carbonyl (C=O) groups is 2. The van der Waals surface area contributed by atoms with E-state index in [1.54, 1.807) is 7.11 Å². The highest BCUT2D eigenvalue weighted by molar-refractivity contribution is 5.96. The van der Waals surface area contributed by atoms with Gasteiger partial charge in [-0.05, 0) is 48.7 Å². The lowest BCUT2D eigenvalue weighted by Gasteiger charge is -2.24. The van der Waals surface area contributed by atoms with E-state index in [1.807, 2.05) is 32.2 Å². The number of hydrogen-bond acceptors (Lipinski definition) is 3. The minimum absolute atomic E-state index is 0.188. The first-order valence-corrected chi connectivity index (χ1v) is 10.5. The average molecular weight is 399 g/mol. The molecule has 0 aromatic heterocycles. The predicted molar refractivity (Wildman–Crippen MR) is 114 cm³/mol. The number of nitrogens with one attached hydrogen (secondary N) is 3. The summed E-state index contributed by atoms with van der Waals surface area (Å²) in [5.41, 5.74) is 1.14. The van der Waals surface area contributed by atoms with Gasteiger partial charge in [0.2, 0.25) is 0 Å². The lowest BCUT2D eigenvalue weighted by molar-refractivity contribution is -0.908. The number of imide groups is 1. The van der Waals surface area contributed by atoms with E-state index in [1.165, 1.54) is 6.42 Å². The number of fused-ring (bicyclic) bond motifs is 1. The lowest BCUT2D eigenvalue weighted by Crippen LogP contribution is -3.12. The molecule has 0 saturated heterocycles. The van der Waals surface area contributed by atoms with E-state index in [2.05, 4.69) is 28.8 Å². The topological polar surface area (TPSA) is 71.9 Å². The molecule has 1 fully saturated rings.